The van der Waals surface area contributed by atoms with Crippen molar-refractivity contribution in [2.45, 2.75) is 0 Å². The lowest BCUT2D eigenvalue weighted by atomic mass is 10.4. The summed E-state index contributed by atoms with van der Waals surface area (Å²) in [5.74, 6) is -0.183. The van der Waals surface area contributed by atoms with Crippen molar-refractivity contribution in [2.75, 3.05) is 40.3 Å². The van der Waals surface area contributed by atoms with Crippen LogP contribution in [0.4, 0.5) is 0 Å². The van der Waals surface area contributed by atoms with Crippen LogP contribution in [0.5, 0.6) is 0 Å². The quantitative estimate of drug-likeness (QED) is 0.520. The van der Waals surface area contributed by atoms with Gasteiger partial charge in [-0.05, 0) is 14.1 Å². The van der Waals surface area contributed by atoms with Crippen LogP contribution < -0.4 is 5.73 Å². The van der Waals surface area contributed by atoms with Gasteiger partial charge in [-0.2, -0.15) is 0 Å². The molecule has 0 aliphatic carbocycles. The Kier molecular flexibility index (Phi) is 7.02. The Morgan fingerprint density at radius 3 is 2.21 bits per heavy atom. The molecule has 0 aromatic carbocycles. The van der Waals surface area contributed by atoms with E-state index in [0.717, 1.165) is 6.54 Å². The summed E-state index contributed by atoms with van der Waals surface area (Å²) in [6.45, 7) is 1.37. The number of halogens is 1. The molecule has 0 spiro atoms. The summed E-state index contributed by atoms with van der Waals surface area (Å²) in [4.78, 5) is 25.6. The van der Waals surface area contributed by atoms with Gasteiger partial charge in [0.1, 0.15) is 0 Å². The maximum Gasteiger partial charge on any atom is 0.236 e. The van der Waals surface area contributed by atoms with Crippen LogP contribution in [0, 0.1) is 0 Å². The predicted octanol–water partition coefficient (Wildman–Crippen LogP) is -0.703. The molecule has 0 atom stereocenters. The molecule has 0 rings (SSSR count). The van der Waals surface area contributed by atoms with Crippen LogP contribution in [-0.4, -0.2) is 59.8 Å². The van der Waals surface area contributed by atoms with Crippen molar-refractivity contribution in [2.24, 2.45) is 5.73 Å². The Hall–Kier alpha value is -0.210. The second kappa shape index (κ2) is 7.13. The van der Waals surface area contributed by atoms with E-state index in [-0.39, 0.29) is 22.8 Å². The molecule has 0 heterocycles. The largest absolute Gasteiger partial charge is 0.332 e. The number of carbonyl (C=O) groups excluding carboxylic acids is 2. The summed E-state index contributed by atoms with van der Waals surface area (Å²) in [5.41, 5.74) is 5.24. The lowest BCUT2D eigenvalue weighted by Crippen LogP contribution is -2.42. The zero-order valence-electron chi connectivity index (χ0n) is 8.49. The molecule has 0 bridgehead atoms. The van der Waals surface area contributed by atoms with Crippen LogP contribution in [0.1, 0.15) is 0 Å². The van der Waals surface area contributed by atoms with Gasteiger partial charge in [0.15, 0.2) is 0 Å². The van der Waals surface area contributed by atoms with Crippen LogP contribution in [0.15, 0.2) is 0 Å². The van der Waals surface area contributed by atoms with Gasteiger partial charge in [-0.3, -0.25) is 9.59 Å². The fourth-order valence-corrected chi connectivity index (χ4v) is 1.30. The molecule has 2 N–H and O–H groups in total. The van der Waals surface area contributed by atoms with E-state index in [1.54, 1.807) is 22.6 Å². The molecule has 82 valence electrons. The second-order valence-electron chi connectivity index (χ2n) is 3.18. The van der Waals surface area contributed by atoms with Crippen LogP contribution >= 0.6 is 22.6 Å². The van der Waals surface area contributed by atoms with Gasteiger partial charge in [0.05, 0.1) is 13.1 Å². The van der Waals surface area contributed by atoms with Gasteiger partial charge >= 0.3 is 0 Å². The number of likely N-dealkylation sites (N-methyl/N-ethyl adjacent to an activating group) is 1. The van der Waals surface area contributed by atoms with Crippen molar-refractivity contribution in [1.29, 1.82) is 0 Å². The van der Waals surface area contributed by atoms with Crippen molar-refractivity contribution >= 4 is 32.3 Å². The van der Waals surface area contributed by atoms with E-state index in [1.807, 2.05) is 19.0 Å². The van der Waals surface area contributed by atoms with E-state index >= 15 is 0 Å². The molecule has 0 unspecified atom stereocenters. The van der Waals surface area contributed by atoms with Crippen LogP contribution in [0.3, 0.4) is 0 Å². The smallest absolute Gasteiger partial charge is 0.236 e. The average Bonchev–Trinajstić information content (AvgIpc) is 2.10. The molecular weight excluding hydrogens is 297 g/mol. The summed E-state index contributed by atoms with van der Waals surface area (Å²) in [7, 11) is 3.83. The zero-order valence-corrected chi connectivity index (χ0v) is 10.7. The predicted molar refractivity (Wildman–Crippen MR) is 63.2 cm³/mol. The Morgan fingerprint density at radius 1 is 1.29 bits per heavy atom. The average molecular weight is 313 g/mol. The molecule has 14 heavy (non-hydrogen) atoms. The van der Waals surface area contributed by atoms with Crippen molar-refractivity contribution in [3.63, 3.8) is 0 Å². The van der Waals surface area contributed by atoms with Crippen LogP contribution in [0.25, 0.3) is 0 Å². The third kappa shape index (κ3) is 6.28. The monoisotopic (exact) mass is 313 g/mol. The topological polar surface area (TPSA) is 66.6 Å². The van der Waals surface area contributed by atoms with E-state index in [0.29, 0.717) is 6.54 Å². The fourth-order valence-electron chi connectivity index (χ4n) is 0.892. The van der Waals surface area contributed by atoms with Crippen molar-refractivity contribution in [3.8, 4) is 0 Å². The highest BCUT2D eigenvalue weighted by Crippen LogP contribution is 1.95. The van der Waals surface area contributed by atoms with Gasteiger partial charge < -0.3 is 15.5 Å². The summed E-state index contributed by atoms with van der Waals surface area (Å²) in [6, 6.07) is 0. The second-order valence-corrected chi connectivity index (χ2v) is 4.38. The summed E-state index contributed by atoms with van der Waals surface area (Å²) >= 11 is 1.68. The molecule has 0 aromatic heterocycles. The first kappa shape index (κ1) is 13.8. The van der Waals surface area contributed by atoms with E-state index < -0.39 is 0 Å². The highest BCUT2D eigenvalue weighted by Gasteiger charge is 2.13. The molecule has 0 saturated heterocycles. The maximum atomic E-state index is 11.3. The van der Waals surface area contributed by atoms with E-state index in [1.165, 1.54) is 4.90 Å². The fraction of sp³-hybridized carbons (Fsp3) is 0.750. The molecule has 0 aliphatic heterocycles. The number of nitrogens with two attached hydrogens (primary N) is 1. The first-order valence-corrected chi connectivity index (χ1v) is 5.36. The molecular formula is C8H16IN3O2. The minimum atomic E-state index is -0.183. The van der Waals surface area contributed by atoms with Crippen molar-refractivity contribution in [1.82, 2.24) is 9.80 Å². The SMILES string of the molecule is CN(C)CCN(CC(=O)I)C(=O)CN. The minimum Gasteiger partial charge on any atom is -0.332 e. The van der Waals surface area contributed by atoms with Gasteiger partial charge in [-0.1, -0.05) is 0 Å². The number of rotatable bonds is 6. The van der Waals surface area contributed by atoms with E-state index in [4.69, 9.17) is 5.73 Å². The molecule has 6 heteroatoms. The highest BCUT2D eigenvalue weighted by atomic mass is 127. The molecule has 5 nitrogen and oxygen atoms in total. The third-order valence-electron chi connectivity index (χ3n) is 1.66. The van der Waals surface area contributed by atoms with Crippen LogP contribution in [0.2, 0.25) is 0 Å². The number of hydrogen-bond donors (Lipinski definition) is 1. The maximum absolute atomic E-state index is 11.3. The molecule has 0 fully saturated rings. The Morgan fingerprint density at radius 2 is 1.86 bits per heavy atom. The lowest BCUT2D eigenvalue weighted by Gasteiger charge is -2.22. The Bertz CT molecular complexity index is 209. The number of carbonyl (C=O) groups is 2. The van der Waals surface area contributed by atoms with Crippen molar-refractivity contribution in [3.05, 3.63) is 0 Å². The van der Waals surface area contributed by atoms with Gasteiger partial charge in [0, 0.05) is 35.7 Å². The molecule has 0 radical (unpaired) electrons. The van der Waals surface area contributed by atoms with Gasteiger partial charge in [-0.25, -0.2) is 0 Å². The first-order valence-electron chi connectivity index (χ1n) is 4.28. The number of hydrogen-bond acceptors (Lipinski definition) is 4. The molecule has 0 aliphatic rings. The molecule has 0 saturated carbocycles. The van der Waals surface area contributed by atoms with E-state index in [9.17, 15) is 9.59 Å². The Labute approximate surface area is 97.7 Å². The van der Waals surface area contributed by atoms with Gasteiger partial charge in [-0.15, -0.1) is 0 Å². The molecule has 1 amide bonds. The van der Waals surface area contributed by atoms with E-state index in [2.05, 4.69) is 0 Å². The minimum absolute atomic E-state index is 0.0443. The third-order valence-corrected chi connectivity index (χ3v) is 2.00. The standard InChI is InChI=1S/C8H16IN3O2/c1-11(2)3-4-12(6-7(9)13)8(14)5-10/h3-6,10H2,1-2H3. The van der Waals surface area contributed by atoms with Crippen LogP contribution in [-0.2, 0) is 9.59 Å². The Balaban J connectivity index is 4.10. The zero-order chi connectivity index (χ0) is 11.1. The van der Waals surface area contributed by atoms with Gasteiger partial charge in [0.25, 0.3) is 0 Å². The number of nitrogens with zero attached hydrogens (tertiary/aromatic N) is 2. The summed E-state index contributed by atoms with van der Waals surface area (Å²) in [5, 5.41) is 0. The van der Waals surface area contributed by atoms with Crippen molar-refractivity contribution < 1.29 is 9.59 Å². The molecule has 0 aromatic rings. The number of amides is 1. The normalized spacial score (nSPS) is 10.4. The summed E-state index contributed by atoms with van der Waals surface area (Å²) in [6.07, 6.45) is 0. The first-order chi connectivity index (χ1) is 6.47. The van der Waals surface area contributed by atoms with Gasteiger partial charge in [0.2, 0.25) is 9.70 Å². The summed E-state index contributed by atoms with van der Waals surface area (Å²) < 4.78 is -0.0526. The highest BCUT2D eigenvalue weighted by molar-refractivity contribution is 14.1. The lowest BCUT2D eigenvalue weighted by molar-refractivity contribution is -0.132.